The summed E-state index contributed by atoms with van der Waals surface area (Å²) >= 11 is 0. The van der Waals surface area contributed by atoms with Crippen molar-refractivity contribution in [1.82, 2.24) is 9.55 Å². The van der Waals surface area contributed by atoms with E-state index >= 15 is 0 Å². The second kappa shape index (κ2) is 14.0. The Labute approximate surface area is 264 Å². The SMILES string of the molecule is CCCCc1nc2c(n1Cc1ccc(-c3ccccc3OC(=O)OC(C)(C)C)cc1)CC(=NC(=O)C1=C(C=O)CCCC1)C=C2. The lowest BCUT2D eigenvalue weighted by molar-refractivity contribution is -0.115. The van der Waals surface area contributed by atoms with Crippen LogP contribution in [0.15, 0.2) is 70.7 Å². The monoisotopic (exact) mass is 607 g/mol. The van der Waals surface area contributed by atoms with Crippen LogP contribution < -0.4 is 4.74 Å². The van der Waals surface area contributed by atoms with Crippen LogP contribution in [0.5, 0.6) is 5.75 Å². The van der Waals surface area contributed by atoms with Gasteiger partial charge in [-0.3, -0.25) is 9.59 Å². The van der Waals surface area contributed by atoms with Crippen LogP contribution in [0.25, 0.3) is 17.2 Å². The highest BCUT2D eigenvalue weighted by molar-refractivity contribution is 6.12. The maximum absolute atomic E-state index is 13.1. The van der Waals surface area contributed by atoms with E-state index in [0.717, 1.165) is 72.3 Å². The van der Waals surface area contributed by atoms with Gasteiger partial charge in [0, 0.05) is 36.1 Å². The van der Waals surface area contributed by atoms with Gasteiger partial charge in [0.2, 0.25) is 0 Å². The number of carbonyl (C=O) groups is 3. The molecule has 8 nitrogen and oxygen atoms in total. The molecule has 0 atom stereocenters. The van der Waals surface area contributed by atoms with Crippen LogP contribution in [0.1, 0.15) is 89.0 Å². The van der Waals surface area contributed by atoms with Crippen molar-refractivity contribution >= 4 is 30.1 Å². The van der Waals surface area contributed by atoms with Crippen LogP contribution in [0.2, 0.25) is 0 Å². The minimum Gasteiger partial charge on any atom is -0.428 e. The molecule has 0 saturated carbocycles. The predicted molar refractivity (Wildman–Crippen MR) is 175 cm³/mol. The molecule has 8 heteroatoms. The summed E-state index contributed by atoms with van der Waals surface area (Å²) < 4.78 is 13.2. The minimum absolute atomic E-state index is 0.302. The number of fused-ring (bicyclic) bond motifs is 1. The van der Waals surface area contributed by atoms with E-state index in [-0.39, 0.29) is 5.91 Å². The van der Waals surface area contributed by atoms with Crippen molar-refractivity contribution in [1.29, 1.82) is 0 Å². The van der Waals surface area contributed by atoms with Gasteiger partial charge in [-0.2, -0.15) is 0 Å². The fourth-order valence-electron chi connectivity index (χ4n) is 5.70. The first-order valence-electron chi connectivity index (χ1n) is 15.8. The first kappa shape index (κ1) is 31.8. The van der Waals surface area contributed by atoms with E-state index < -0.39 is 11.8 Å². The summed E-state index contributed by atoms with van der Waals surface area (Å²) in [5.74, 6) is 1.14. The van der Waals surface area contributed by atoms with E-state index in [4.69, 9.17) is 14.5 Å². The Hall–Kier alpha value is -4.59. The number of ether oxygens (including phenoxy) is 2. The van der Waals surface area contributed by atoms with E-state index in [1.54, 1.807) is 26.8 Å². The number of para-hydroxylation sites is 1. The number of rotatable bonds is 9. The standard InChI is InChI=1S/C37H41N3O5/c1-5-6-15-34-39-31-21-20-28(38-35(42)30-13-8-7-11-27(30)24-41)22-32(31)40(34)23-25-16-18-26(19-17-25)29-12-9-10-14-33(29)44-36(43)45-37(2,3)4/h9-10,12,14,16-21,24H,5-8,11,13,15,22-23H2,1-4H3. The zero-order chi connectivity index (χ0) is 32.0. The molecule has 0 radical (unpaired) electrons. The number of hydrogen-bond donors (Lipinski definition) is 0. The number of carbonyl (C=O) groups excluding carboxylic acids is 3. The van der Waals surface area contributed by atoms with E-state index in [9.17, 15) is 14.4 Å². The van der Waals surface area contributed by atoms with E-state index in [1.807, 2.05) is 42.5 Å². The number of aryl methyl sites for hydroxylation is 1. The Morgan fingerprint density at radius 1 is 1.02 bits per heavy atom. The summed E-state index contributed by atoms with van der Waals surface area (Å²) in [6.45, 7) is 8.18. The normalized spacial score (nSPS) is 15.6. The highest BCUT2D eigenvalue weighted by Crippen LogP contribution is 2.31. The van der Waals surface area contributed by atoms with Gasteiger partial charge >= 0.3 is 6.16 Å². The van der Waals surface area contributed by atoms with Gasteiger partial charge in [0.05, 0.1) is 17.1 Å². The smallest absolute Gasteiger partial charge is 0.428 e. The third kappa shape index (κ3) is 7.93. The number of aldehydes is 1. The number of benzene rings is 2. The van der Waals surface area contributed by atoms with Gasteiger partial charge in [-0.1, -0.05) is 55.8 Å². The summed E-state index contributed by atoms with van der Waals surface area (Å²) in [7, 11) is 0. The molecule has 0 fully saturated rings. The molecule has 2 aliphatic rings. The average molecular weight is 608 g/mol. The summed E-state index contributed by atoms with van der Waals surface area (Å²) in [5.41, 5.74) is 5.90. The number of imidazole rings is 1. The summed E-state index contributed by atoms with van der Waals surface area (Å²) in [6.07, 6.45) is 10.4. The van der Waals surface area contributed by atoms with E-state index in [1.165, 1.54) is 0 Å². The molecule has 2 aromatic carbocycles. The molecule has 1 heterocycles. The first-order valence-corrected chi connectivity index (χ1v) is 15.8. The second-order valence-corrected chi connectivity index (χ2v) is 12.6. The van der Waals surface area contributed by atoms with Crippen molar-refractivity contribution in [2.45, 2.75) is 91.2 Å². The fourth-order valence-corrected chi connectivity index (χ4v) is 5.70. The third-order valence-corrected chi connectivity index (χ3v) is 7.95. The third-order valence-electron chi connectivity index (χ3n) is 7.95. The largest absolute Gasteiger partial charge is 0.514 e. The van der Waals surface area contributed by atoms with Crippen molar-refractivity contribution in [3.05, 3.63) is 88.5 Å². The highest BCUT2D eigenvalue weighted by atomic mass is 16.7. The van der Waals surface area contributed by atoms with Crippen LogP contribution >= 0.6 is 0 Å². The molecule has 0 saturated heterocycles. The molecule has 0 spiro atoms. The number of unbranched alkanes of at least 4 members (excludes halogenated alkanes) is 1. The fraction of sp³-hybridized carbons (Fsp3) is 0.378. The molecular weight excluding hydrogens is 566 g/mol. The van der Waals surface area contributed by atoms with Crippen LogP contribution in [0, 0.1) is 0 Å². The van der Waals surface area contributed by atoms with Crippen molar-refractivity contribution in [2.24, 2.45) is 4.99 Å². The van der Waals surface area contributed by atoms with E-state index in [2.05, 4.69) is 28.6 Å². The number of allylic oxidation sites excluding steroid dienone is 2. The average Bonchev–Trinajstić information content (AvgIpc) is 3.35. The van der Waals surface area contributed by atoms with Crippen LogP contribution in [-0.2, 0) is 33.7 Å². The maximum Gasteiger partial charge on any atom is 0.514 e. The molecule has 1 amide bonds. The van der Waals surface area contributed by atoms with Gasteiger partial charge in [-0.25, -0.2) is 14.8 Å². The Bertz CT molecular complexity index is 1670. The molecule has 0 aliphatic heterocycles. The zero-order valence-electron chi connectivity index (χ0n) is 26.6. The van der Waals surface area contributed by atoms with E-state index in [0.29, 0.717) is 48.4 Å². The molecule has 0 unspecified atom stereocenters. The minimum atomic E-state index is -0.741. The molecule has 1 aromatic heterocycles. The summed E-state index contributed by atoms with van der Waals surface area (Å²) in [4.78, 5) is 46.4. The molecule has 45 heavy (non-hydrogen) atoms. The van der Waals surface area contributed by atoms with Crippen LogP contribution in [0.3, 0.4) is 0 Å². The molecule has 0 N–H and O–H groups in total. The molecule has 2 aliphatic carbocycles. The first-order chi connectivity index (χ1) is 21.6. The quantitative estimate of drug-likeness (QED) is 0.139. The number of aromatic nitrogens is 2. The van der Waals surface area contributed by atoms with Gasteiger partial charge in [0.25, 0.3) is 5.91 Å². The van der Waals surface area contributed by atoms with Crippen molar-refractivity contribution in [2.75, 3.05) is 0 Å². The molecule has 234 valence electrons. The number of amides is 1. The van der Waals surface area contributed by atoms with Crippen LogP contribution in [-0.4, -0.2) is 39.2 Å². The Morgan fingerprint density at radius 2 is 1.78 bits per heavy atom. The van der Waals surface area contributed by atoms with Crippen molar-refractivity contribution < 1.29 is 23.9 Å². The Balaban J connectivity index is 1.38. The lowest BCUT2D eigenvalue weighted by atomic mass is 9.92. The summed E-state index contributed by atoms with van der Waals surface area (Å²) in [6, 6.07) is 15.6. The van der Waals surface area contributed by atoms with Gasteiger partial charge in [-0.05, 0) is 82.2 Å². The lowest BCUT2D eigenvalue weighted by Crippen LogP contribution is -2.26. The number of aliphatic imine (C=N–C) groups is 1. The highest BCUT2D eigenvalue weighted by Gasteiger charge is 2.23. The zero-order valence-corrected chi connectivity index (χ0v) is 26.6. The molecule has 0 bridgehead atoms. The molecular formula is C37H41N3O5. The second-order valence-electron chi connectivity index (χ2n) is 12.6. The summed E-state index contributed by atoms with van der Waals surface area (Å²) in [5, 5.41) is 0. The number of hydrogen-bond acceptors (Lipinski definition) is 6. The topological polar surface area (TPSA) is 99.8 Å². The lowest BCUT2D eigenvalue weighted by Gasteiger charge is -2.19. The molecule has 5 rings (SSSR count). The van der Waals surface area contributed by atoms with Crippen LogP contribution in [0.4, 0.5) is 4.79 Å². The van der Waals surface area contributed by atoms with Gasteiger partial charge < -0.3 is 14.0 Å². The molecule has 3 aromatic rings. The van der Waals surface area contributed by atoms with Crippen molar-refractivity contribution in [3.8, 4) is 16.9 Å². The van der Waals surface area contributed by atoms with Crippen molar-refractivity contribution in [3.63, 3.8) is 0 Å². The van der Waals surface area contributed by atoms with Gasteiger partial charge in [0.1, 0.15) is 23.5 Å². The van der Waals surface area contributed by atoms with Gasteiger partial charge in [-0.15, -0.1) is 0 Å². The van der Waals surface area contributed by atoms with Gasteiger partial charge in [0.15, 0.2) is 0 Å². The Kier molecular flexibility index (Phi) is 9.91. The maximum atomic E-state index is 13.1. The number of nitrogens with zero attached hydrogens (tertiary/aromatic N) is 3. The predicted octanol–water partition coefficient (Wildman–Crippen LogP) is 7.86. The Morgan fingerprint density at radius 3 is 2.51 bits per heavy atom.